The number of aromatic nitrogens is 1. The van der Waals surface area contributed by atoms with Gasteiger partial charge in [0.25, 0.3) is 0 Å². The summed E-state index contributed by atoms with van der Waals surface area (Å²) >= 11 is 1.86. The van der Waals surface area contributed by atoms with Crippen LogP contribution >= 0.6 is 11.3 Å². The molecule has 0 aliphatic heterocycles. The van der Waals surface area contributed by atoms with Gasteiger partial charge >= 0.3 is 0 Å². The van der Waals surface area contributed by atoms with Gasteiger partial charge in [-0.1, -0.05) is 44.2 Å². The normalized spacial score (nSPS) is 10.8. The maximum absolute atomic E-state index is 4.78. The second kappa shape index (κ2) is 7.41. The Morgan fingerprint density at radius 1 is 1.16 bits per heavy atom. The van der Waals surface area contributed by atoms with Crippen LogP contribution in [0.15, 0.2) is 30.3 Å². The number of nitrogens with zero attached hydrogens (tertiary/aromatic N) is 1. The van der Waals surface area contributed by atoms with Gasteiger partial charge in [-0.2, -0.15) is 0 Å². The first kappa shape index (κ1) is 14.2. The lowest BCUT2D eigenvalue weighted by atomic mass is 10.2. The Labute approximate surface area is 119 Å². The Morgan fingerprint density at radius 3 is 2.63 bits per heavy atom. The zero-order chi connectivity index (χ0) is 13.5. The van der Waals surface area contributed by atoms with Crippen molar-refractivity contribution in [2.45, 2.75) is 39.7 Å². The van der Waals surface area contributed by atoms with Crippen LogP contribution in [0.5, 0.6) is 0 Å². The smallest absolute Gasteiger partial charge is 0.0975 e. The molecule has 2 aromatic rings. The second-order valence-electron chi connectivity index (χ2n) is 4.67. The minimum atomic E-state index is 0.951. The molecule has 0 unspecified atom stereocenters. The molecule has 0 saturated heterocycles. The van der Waals surface area contributed by atoms with Crippen molar-refractivity contribution in [1.82, 2.24) is 10.3 Å². The highest BCUT2D eigenvalue weighted by molar-refractivity contribution is 7.11. The van der Waals surface area contributed by atoms with Crippen LogP contribution in [0.2, 0.25) is 0 Å². The number of benzene rings is 1. The Morgan fingerprint density at radius 2 is 1.95 bits per heavy atom. The summed E-state index contributed by atoms with van der Waals surface area (Å²) in [4.78, 5) is 6.19. The molecule has 0 atom stereocenters. The van der Waals surface area contributed by atoms with E-state index in [-0.39, 0.29) is 0 Å². The van der Waals surface area contributed by atoms with Crippen LogP contribution in [-0.2, 0) is 19.4 Å². The molecule has 0 fully saturated rings. The number of rotatable bonds is 7. The van der Waals surface area contributed by atoms with Crippen molar-refractivity contribution in [3.05, 3.63) is 51.5 Å². The van der Waals surface area contributed by atoms with Gasteiger partial charge in [0, 0.05) is 17.8 Å². The maximum Gasteiger partial charge on any atom is 0.0975 e. The van der Waals surface area contributed by atoms with E-state index in [2.05, 4.69) is 49.5 Å². The monoisotopic (exact) mass is 274 g/mol. The largest absolute Gasteiger partial charge is 0.312 e. The lowest BCUT2D eigenvalue weighted by Crippen LogP contribution is -2.13. The summed E-state index contributed by atoms with van der Waals surface area (Å²) in [6.07, 6.45) is 3.15. The van der Waals surface area contributed by atoms with Crippen LogP contribution < -0.4 is 5.32 Å². The molecule has 102 valence electrons. The van der Waals surface area contributed by atoms with Gasteiger partial charge in [0.05, 0.1) is 10.7 Å². The predicted molar refractivity (Wildman–Crippen MR) is 82.7 cm³/mol. The van der Waals surface area contributed by atoms with Crippen LogP contribution in [0.1, 0.15) is 41.4 Å². The van der Waals surface area contributed by atoms with E-state index in [9.17, 15) is 0 Å². The molecule has 0 saturated carbocycles. The summed E-state index contributed by atoms with van der Waals surface area (Å²) in [7, 11) is 0. The quantitative estimate of drug-likeness (QED) is 0.777. The fourth-order valence-corrected chi connectivity index (χ4v) is 3.24. The van der Waals surface area contributed by atoms with E-state index in [1.165, 1.54) is 27.6 Å². The summed E-state index contributed by atoms with van der Waals surface area (Å²) in [6, 6.07) is 10.6. The Balaban J connectivity index is 2.05. The van der Waals surface area contributed by atoms with Gasteiger partial charge in [-0.25, -0.2) is 4.98 Å². The molecule has 0 radical (unpaired) electrons. The van der Waals surface area contributed by atoms with E-state index < -0.39 is 0 Å². The average Bonchev–Trinajstić information content (AvgIpc) is 2.82. The molecule has 1 aromatic heterocycles. The van der Waals surface area contributed by atoms with E-state index in [0.29, 0.717) is 0 Å². The van der Waals surface area contributed by atoms with Crippen LogP contribution in [0.25, 0.3) is 0 Å². The third-order valence-corrected chi connectivity index (χ3v) is 4.17. The molecule has 19 heavy (non-hydrogen) atoms. The van der Waals surface area contributed by atoms with E-state index in [0.717, 1.165) is 25.9 Å². The number of hydrogen-bond donors (Lipinski definition) is 1. The minimum absolute atomic E-state index is 0.951. The van der Waals surface area contributed by atoms with Gasteiger partial charge < -0.3 is 5.32 Å². The fraction of sp³-hybridized carbons (Fsp3) is 0.438. The van der Waals surface area contributed by atoms with Crippen molar-refractivity contribution >= 4 is 11.3 Å². The molecule has 0 spiro atoms. The maximum atomic E-state index is 4.78. The first-order chi connectivity index (χ1) is 9.33. The second-order valence-corrected chi connectivity index (χ2v) is 5.84. The minimum Gasteiger partial charge on any atom is -0.312 e. The molecule has 0 amide bonds. The first-order valence-electron chi connectivity index (χ1n) is 7.05. The van der Waals surface area contributed by atoms with Gasteiger partial charge in [0.1, 0.15) is 0 Å². The van der Waals surface area contributed by atoms with Crippen molar-refractivity contribution < 1.29 is 0 Å². The average molecular weight is 274 g/mol. The van der Waals surface area contributed by atoms with Crippen molar-refractivity contribution in [1.29, 1.82) is 0 Å². The topological polar surface area (TPSA) is 24.9 Å². The number of thiazole rings is 1. The molecular weight excluding hydrogens is 252 g/mol. The summed E-state index contributed by atoms with van der Waals surface area (Å²) in [6.45, 7) is 6.42. The Kier molecular flexibility index (Phi) is 5.55. The van der Waals surface area contributed by atoms with Gasteiger partial charge in [-0.3, -0.25) is 0 Å². The highest BCUT2D eigenvalue weighted by atomic mass is 32.1. The molecule has 0 aliphatic carbocycles. The van der Waals surface area contributed by atoms with E-state index in [1.807, 2.05) is 11.3 Å². The SMILES string of the molecule is CCCNCc1sc(Cc2ccccc2)nc1CC. The highest BCUT2D eigenvalue weighted by Gasteiger charge is 2.09. The zero-order valence-corrected chi connectivity index (χ0v) is 12.6. The van der Waals surface area contributed by atoms with Crippen molar-refractivity contribution in [3.63, 3.8) is 0 Å². The molecule has 1 heterocycles. The number of aryl methyl sites for hydroxylation is 1. The van der Waals surface area contributed by atoms with Gasteiger partial charge in [-0.15, -0.1) is 11.3 Å². The molecule has 2 rings (SSSR count). The van der Waals surface area contributed by atoms with Crippen molar-refractivity contribution in [2.75, 3.05) is 6.54 Å². The van der Waals surface area contributed by atoms with E-state index >= 15 is 0 Å². The molecule has 1 aromatic carbocycles. The van der Waals surface area contributed by atoms with E-state index in [1.54, 1.807) is 0 Å². The lowest BCUT2D eigenvalue weighted by molar-refractivity contribution is 0.676. The standard InChI is InChI=1S/C16H22N2S/c1-3-10-17-12-15-14(4-2)18-16(19-15)11-13-8-6-5-7-9-13/h5-9,17H,3-4,10-12H2,1-2H3. The summed E-state index contributed by atoms with van der Waals surface area (Å²) in [5.41, 5.74) is 2.60. The Bertz CT molecular complexity index is 491. The van der Waals surface area contributed by atoms with Gasteiger partial charge in [0.15, 0.2) is 0 Å². The molecular formula is C16H22N2S. The summed E-state index contributed by atoms with van der Waals surface area (Å²) in [5, 5.41) is 4.71. The highest BCUT2D eigenvalue weighted by Crippen LogP contribution is 2.21. The molecule has 1 N–H and O–H groups in total. The van der Waals surface area contributed by atoms with Gasteiger partial charge in [-0.05, 0) is 24.9 Å². The van der Waals surface area contributed by atoms with Crippen molar-refractivity contribution in [2.24, 2.45) is 0 Å². The zero-order valence-electron chi connectivity index (χ0n) is 11.8. The molecule has 0 bridgehead atoms. The lowest BCUT2D eigenvalue weighted by Gasteiger charge is -2.01. The number of hydrogen-bond acceptors (Lipinski definition) is 3. The summed E-state index contributed by atoms with van der Waals surface area (Å²) < 4.78 is 0. The first-order valence-corrected chi connectivity index (χ1v) is 7.87. The number of nitrogens with one attached hydrogen (secondary N) is 1. The van der Waals surface area contributed by atoms with Crippen LogP contribution in [-0.4, -0.2) is 11.5 Å². The van der Waals surface area contributed by atoms with Gasteiger partial charge in [0.2, 0.25) is 0 Å². The van der Waals surface area contributed by atoms with Crippen LogP contribution in [0.4, 0.5) is 0 Å². The van der Waals surface area contributed by atoms with Crippen LogP contribution in [0.3, 0.4) is 0 Å². The predicted octanol–water partition coefficient (Wildman–Crippen LogP) is 3.80. The molecule has 3 heteroatoms. The summed E-state index contributed by atoms with van der Waals surface area (Å²) in [5.74, 6) is 0. The van der Waals surface area contributed by atoms with Crippen LogP contribution in [0, 0.1) is 0 Å². The molecule has 0 aliphatic rings. The fourth-order valence-electron chi connectivity index (χ4n) is 2.08. The van der Waals surface area contributed by atoms with E-state index in [4.69, 9.17) is 4.98 Å². The van der Waals surface area contributed by atoms with Crippen molar-refractivity contribution in [3.8, 4) is 0 Å². The third kappa shape index (κ3) is 4.15. The molecule has 2 nitrogen and oxygen atoms in total. The third-order valence-electron chi connectivity index (χ3n) is 3.07. The Hall–Kier alpha value is -1.19.